The van der Waals surface area contributed by atoms with Crippen molar-refractivity contribution < 1.29 is 0 Å². The summed E-state index contributed by atoms with van der Waals surface area (Å²) in [6.45, 7) is 3.59. The van der Waals surface area contributed by atoms with Crippen molar-refractivity contribution in [2.75, 3.05) is 38.2 Å². The first-order valence-electron chi connectivity index (χ1n) is 9.91. The van der Waals surface area contributed by atoms with Crippen LogP contribution in [-0.2, 0) is 0 Å². The van der Waals surface area contributed by atoms with E-state index in [-0.39, 0.29) is 5.56 Å². The molecule has 0 unspecified atom stereocenters. The molecule has 1 saturated heterocycles. The van der Waals surface area contributed by atoms with Crippen LogP contribution in [0, 0.1) is 0 Å². The fourth-order valence-electron chi connectivity index (χ4n) is 4.29. The fourth-order valence-corrected chi connectivity index (χ4v) is 4.29. The minimum Gasteiger partial charge on any atom is -0.308 e. The van der Waals surface area contributed by atoms with Crippen LogP contribution in [0.4, 0.5) is 0 Å². The Kier molecular flexibility index (Phi) is 4.07. The van der Waals surface area contributed by atoms with Gasteiger partial charge in [0.1, 0.15) is 0 Å². The van der Waals surface area contributed by atoms with Gasteiger partial charge in [-0.2, -0.15) is 9.50 Å². The molecule has 8 nitrogen and oxygen atoms in total. The number of piperazine rings is 1. The van der Waals surface area contributed by atoms with Crippen molar-refractivity contribution in [3.8, 4) is 0 Å². The summed E-state index contributed by atoms with van der Waals surface area (Å²) in [5.74, 6) is 1.87. The number of nitrogens with zero attached hydrogens (tertiary/aromatic N) is 7. The molecule has 0 atom stereocenters. The highest BCUT2D eigenvalue weighted by Crippen LogP contribution is 2.31. The Hall–Kier alpha value is -2.48. The molecule has 1 aliphatic carbocycles. The van der Waals surface area contributed by atoms with Crippen LogP contribution in [0.3, 0.4) is 0 Å². The van der Waals surface area contributed by atoms with E-state index in [4.69, 9.17) is 5.10 Å². The van der Waals surface area contributed by atoms with Gasteiger partial charge in [0.15, 0.2) is 5.82 Å². The largest absolute Gasteiger partial charge is 0.308 e. The molecule has 8 heteroatoms. The predicted molar refractivity (Wildman–Crippen MR) is 104 cm³/mol. The third-order valence-corrected chi connectivity index (χ3v) is 5.99. The molecule has 5 rings (SSSR count). The van der Waals surface area contributed by atoms with Gasteiger partial charge in [0, 0.05) is 44.5 Å². The summed E-state index contributed by atoms with van der Waals surface area (Å²) in [4.78, 5) is 24.4. The summed E-state index contributed by atoms with van der Waals surface area (Å²) in [5, 5.41) is 7.42. The Morgan fingerprint density at radius 2 is 1.85 bits per heavy atom. The van der Waals surface area contributed by atoms with E-state index in [2.05, 4.69) is 26.9 Å². The Morgan fingerprint density at radius 3 is 2.63 bits per heavy atom. The standard InChI is InChI=1S/C19H25N7O/c1-23-9-11-24(12-10-23)25-8-7-16-15(18(25)27)13-20-19-21-17(22-26(16)19)14-5-3-2-4-6-14/h7-8,13-14H,2-6,9-12H2,1H3. The lowest BCUT2D eigenvalue weighted by atomic mass is 9.89. The van der Waals surface area contributed by atoms with E-state index in [0.717, 1.165) is 50.4 Å². The molecular formula is C19H25N7O. The highest BCUT2D eigenvalue weighted by molar-refractivity contribution is 5.78. The molecule has 0 radical (unpaired) electrons. The second kappa shape index (κ2) is 6.60. The van der Waals surface area contributed by atoms with Gasteiger partial charge in [0.2, 0.25) is 0 Å². The lowest BCUT2D eigenvalue weighted by molar-refractivity contribution is 0.286. The van der Waals surface area contributed by atoms with E-state index in [1.807, 2.05) is 12.3 Å². The molecule has 0 bridgehead atoms. The SMILES string of the molecule is CN1CCN(n2ccc3c(cnc4nc(C5CCCCC5)nn43)c2=O)CC1. The highest BCUT2D eigenvalue weighted by Gasteiger charge is 2.22. The smallest absolute Gasteiger partial charge is 0.280 e. The number of rotatable bonds is 2. The van der Waals surface area contributed by atoms with Gasteiger partial charge in [-0.3, -0.25) is 4.79 Å². The van der Waals surface area contributed by atoms with Crippen LogP contribution < -0.4 is 10.6 Å². The van der Waals surface area contributed by atoms with E-state index in [1.54, 1.807) is 15.4 Å². The summed E-state index contributed by atoms with van der Waals surface area (Å²) in [5.41, 5.74) is 0.742. The zero-order valence-electron chi connectivity index (χ0n) is 15.7. The number of pyridine rings is 1. The van der Waals surface area contributed by atoms with Crippen molar-refractivity contribution in [2.45, 2.75) is 38.0 Å². The van der Waals surface area contributed by atoms with Crippen molar-refractivity contribution in [1.82, 2.24) is 29.2 Å². The predicted octanol–water partition coefficient (Wildman–Crippen LogP) is 1.37. The molecule has 27 heavy (non-hydrogen) atoms. The number of hydrogen-bond acceptors (Lipinski definition) is 6. The van der Waals surface area contributed by atoms with Gasteiger partial charge in [0.25, 0.3) is 11.3 Å². The minimum atomic E-state index is -0.0406. The molecule has 2 aliphatic rings. The quantitative estimate of drug-likeness (QED) is 0.681. The first-order chi connectivity index (χ1) is 13.2. The van der Waals surface area contributed by atoms with E-state index in [0.29, 0.717) is 17.1 Å². The van der Waals surface area contributed by atoms with Crippen LogP contribution in [0.15, 0.2) is 23.3 Å². The van der Waals surface area contributed by atoms with E-state index in [9.17, 15) is 4.79 Å². The van der Waals surface area contributed by atoms with E-state index >= 15 is 0 Å². The van der Waals surface area contributed by atoms with Crippen molar-refractivity contribution in [2.24, 2.45) is 0 Å². The summed E-state index contributed by atoms with van der Waals surface area (Å²) >= 11 is 0. The zero-order valence-corrected chi connectivity index (χ0v) is 15.7. The lowest BCUT2D eigenvalue weighted by Crippen LogP contribution is -2.52. The number of fused-ring (bicyclic) bond motifs is 3. The van der Waals surface area contributed by atoms with Gasteiger partial charge >= 0.3 is 0 Å². The second-order valence-electron chi connectivity index (χ2n) is 7.80. The van der Waals surface area contributed by atoms with Crippen LogP contribution >= 0.6 is 0 Å². The molecule has 3 aromatic heterocycles. The molecule has 2 fully saturated rings. The van der Waals surface area contributed by atoms with Gasteiger partial charge in [-0.05, 0) is 26.0 Å². The molecule has 0 N–H and O–H groups in total. The molecule has 4 heterocycles. The zero-order chi connectivity index (χ0) is 18.4. The van der Waals surface area contributed by atoms with Crippen molar-refractivity contribution in [3.05, 3.63) is 34.6 Å². The fraction of sp³-hybridized carbons (Fsp3) is 0.579. The maximum Gasteiger partial charge on any atom is 0.280 e. The van der Waals surface area contributed by atoms with Crippen LogP contribution in [0.25, 0.3) is 16.7 Å². The minimum absolute atomic E-state index is 0.0406. The number of likely N-dealkylation sites (N-methyl/N-ethyl adjacent to an activating group) is 1. The topological polar surface area (TPSA) is 71.6 Å². The Bertz CT molecular complexity index is 1030. The normalized spacial score (nSPS) is 20.0. The first-order valence-corrected chi connectivity index (χ1v) is 9.91. The number of aromatic nitrogens is 5. The van der Waals surface area contributed by atoms with Crippen molar-refractivity contribution in [3.63, 3.8) is 0 Å². The summed E-state index contributed by atoms with van der Waals surface area (Å²) in [6.07, 6.45) is 9.58. The van der Waals surface area contributed by atoms with Gasteiger partial charge in [-0.25, -0.2) is 9.66 Å². The van der Waals surface area contributed by atoms with Crippen LogP contribution in [0.2, 0.25) is 0 Å². The monoisotopic (exact) mass is 367 g/mol. The van der Waals surface area contributed by atoms with Crippen LogP contribution in [-0.4, -0.2) is 62.4 Å². The van der Waals surface area contributed by atoms with E-state index in [1.165, 1.54) is 19.3 Å². The van der Waals surface area contributed by atoms with Crippen LogP contribution in [0.5, 0.6) is 0 Å². The first kappa shape index (κ1) is 16.7. The second-order valence-corrected chi connectivity index (χ2v) is 7.80. The molecule has 142 valence electrons. The van der Waals surface area contributed by atoms with Crippen LogP contribution in [0.1, 0.15) is 43.8 Å². The maximum atomic E-state index is 13.1. The number of hydrogen-bond donors (Lipinski definition) is 0. The lowest BCUT2D eigenvalue weighted by Gasteiger charge is -2.34. The van der Waals surface area contributed by atoms with Crippen molar-refractivity contribution >= 4 is 16.7 Å². The molecule has 1 aliphatic heterocycles. The van der Waals surface area contributed by atoms with Gasteiger partial charge in [-0.1, -0.05) is 19.3 Å². The Labute approximate surface area is 157 Å². The highest BCUT2D eigenvalue weighted by atomic mass is 16.1. The van der Waals surface area contributed by atoms with Gasteiger partial charge < -0.3 is 9.91 Å². The van der Waals surface area contributed by atoms with Gasteiger partial charge in [0.05, 0.1) is 10.9 Å². The molecule has 3 aromatic rings. The maximum absolute atomic E-state index is 13.1. The molecule has 0 amide bonds. The molecule has 0 aromatic carbocycles. The summed E-state index contributed by atoms with van der Waals surface area (Å²) in [6, 6.07) is 1.96. The molecular weight excluding hydrogens is 342 g/mol. The summed E-state index contributed by atoms with van der Waals surface area (Å²) < 4.78 is 3.47. The molecule has 0 spiro atoms. The van der Waals surface area contributed by atoms with Gasteiger partial charge in [-0.15, -0.1) is 5.10 Å². The third-order valence-electron chi connectivity index (χ3n) is 5.99. The van der Waals surface area contributed by atoms with Crippen molar-refractivity contribution in [1.29, 1.82) is 0 Å². The summed E-state index contributed by atoms with van der Waals surface area (Å²) in [7, 11) is 2.11. The van der Waals surface area contributed by atoms with E-state index < -0.39 is 0 Å². The average Bonchev–Trinajstić information content (AvgIpc) is 3.15. The Morgan fingerprint density at radius 1 is 1.07 bits per heavy atom. The molecule has 1 saturated carbocycles. The third kappa shape index (κ3) is 2.88. The average molecular weight is 367 g/mol. The Balaban J connectivity index is 1.56.